The number of rotatable bonds is 7. The van der Waals surface area contributed by atoms with Crippen molar-refractivity contribution in [3.63, 3.8) is 0 Å². The molecule has 2 fully saturated rings. The third-order valence-electron chi connectivity index (χ3n) is 4.63. The Bertz CT molecular complexity index is 470. The fourth-order valence-electron chi connectivity index (χ4n) is 3.25. The summed E-state index contributed by atoms with van der Waals surface area (Å²) in [5.41, 5.74) is 2.32. The molecule has 116 valence electrons. The van der Waals surface area contributed by atoms with Crippen LogP contribution in [0.15, 0.2) is 18.2 Å². The Morgan fingerprint density at radius 2 is 1.95 bits per heavy atom. The predicted molar refractivity (Wildman–Crippen MR) is 88.0 cm³/mol. The van der Waals surface area contributed by atoms with E-state index in [0.717, 1.165) is 17.3 Å². The van der Waals surface area contributed by atoms with Crippen LogP contribution in [0.4, 0.5) is 5.69 Å². The SMILES string of the molecule is OCCN(c1ccc(CNC2CC2)c(Cl)c1)C1CCCC1. The molecule has 21 heavy (non-hydrogen) atoms. The largest absolute Gasteiger partial charge is 0.395 e. The van der Waals surface area contributed by atoms with E-state index in [1.807, 2.05) is 0 Å². The molecule has 1 aromatic carbocycles. The van der Waals surface area contributed by atoms with Gasteiger partial charge in [0, 0.05) is 35.9 Å². The number of aliphatic hydroxyl groups is 1. The van der Waals surface area contributed by atoms with Crippen molar-refractivity contribution in [2.24, 2.45) is 0 Å². The van der Waals surface area contributed by atoms with Crippen LogP contribution in [-0.2, 0) is 6.54 Å². The highest BCUT2D eigenvalue weighted by molar-refractivity contribution is 6.31. The number of benzene rings is 1. The summed E-state index contributed by atoms with van der Waals surface area (Å²) >= 11 is 6.46. The van der Waals surface area contributed by atoms with Gasteiger partial charge in [-0.3, -0.25) is 0 Å². The van der Waals surface area contributed by atoms with E-state index in [9.17, 15) is 5.11 Å². The molecular weight excluding hydrogens is 284 g/mol. The zero-order valence-electron chi connectivity index (χ0n) is 12.5. The zero-order valence-corrected chi connectivity index (χ0v) is 13.3. The number of anilines is 1. The summed E-state index contributed by atoms with van der Waals surface area (Å²) in [6, 6.07) is 7.61. The van der Waals surface area contributed by atoms with E-state index < -0.39 is 0 Å². The summed E-state index contributed by atoms with van der Waals surface area (Å²) in [7, 11) is 0. The van der Waals surface area contributed by atoms with Gasteiger partial charge in [-0.2, -0.15) is 0 Å². The van der Waals surface area contributed by atoms with Gasteiger partial charge < -0.3 is 15.3 Å². The van der Waals surface area contributed by atoms with Gasteiger partial charge in [-0.1, -0.05) is 30.5 Å². The highest BCUT2D eigenvalue weighted by atomic mass is 35.5. The van der Waals surface area contributed by atoms with Crippen molar-refractivity contribution >= 4 is 17.3 Å². The molecule has 0 heterocycles. The fourth-order valence-corrected chi connectivity index (χ4v) is 3.49. The minimum atomic E-state index is 0.194. The van der Waals surface area contributed by atoms with Gasteiger partial charge in [0.05, 0.1) is 6.61 Å². The molecule has 3 nitrogen and oxygen atoms in total. The summed E-state index contributed by atoms with van der Waals surface area (Å²) in [4.78, 5) is 2.33. The first-order valence-electron chi connectivity index (χ1n) is 8.17. The molecule has 2 saturated carbocycles. The van der Waals surface area contributed by atoms with Gasteiger partial charge in [0.25, 0.3) is 0 Å². The molecule has 0 saturated heterocycles. The second kappa shape index (κ2) is 6.99. The van der Waals surface area contributed by atoms with Gasteiger partial charge in [0.2, 0.25) is 0 Å². The summed E-state index contributed by atoms with van der Waals surface area (Å²) in [6.45, 7) is 1.74. The van der Waals surface area contributed by atoms with Crippen LogP contribution in [-0.4, -0.2) is 30.3 Å². The maximum Gasteiger partial charge on any atom is 0.0606 e. The van der Waals surface area contributed by atoms with Crippen LogP contribution in [0.5, 0.6) is 0 Å². The van der Waals surface area contributed by atoms with Crippen molar-refractivity contribution in [3.8, 4) is 0 Å². The van der Waals surface area contributed by atoms with Crippen molar-refractivity contribution in [2.45, 2.75) is 57.2 Å². The van der Waals surface area contributed by atoms with Gasteiger partial charge in [0.15, 0.2) is 0 Å². The maximum absolute atomic E-state index is 9.35. The molecule has 2 aliphatic carbocycles. The molecule has 3 rings (SSSR count). The Hall–Kier alpha value is -0.770. The van der Waals surface area contributed by atoms with Crippen LogP contribution in [0.2, 0.25) is 5.02 Å². The summed E-state index contributed by atoms with van der Waals surface area (Å²) in [5.74, 6) is 0. The van der Waals surface area contributed by atoms with Crippen molar-refractivity contribution in [2.75, 3.05) is 18.1 Å². The molecule has 0 amide bonds. The fraction of sp³-hybridized carbons (Fsp3) is 0.647. The van der Waals surface area contributed by atoms with Crippen LogP contribution < -0.4 is 10.2 Å². The van der Waals surface area contributed by atoms with Crippen LogP contribution in [0.1, 0.15) is 44.1 Å². The van der Waals surface area contributed by atoms with Gasteiger partial charge in [-0.15, -0.1) is 0 Å². The molecule has 0 atom stereocenters. The number of nitrogens with one attached hydrogen (secondary N) is 1. The number of nitrogens with zero attached hydrogens (tertiary/aromatic N) is 1. The highest BCUT2D eigenvalue weighted by Crippen LogP contribution is 2.31. The molecule has 1 aromatic rings. The number of hydrogen-bond acceptors (Lipinski definition) is 3. The predicted octanol–water partition coefficient (Wildman–Crippen LogP) is 3.33. The molecule has 0 unspecified atom stereocenters. The molecule has 2 aliphatic rings. The standard InChI is InChI=1S/C17H25ClN2O/c18-17-11-16(8-5-13(17)12-19-14-6-7-14)20(9-10-21)15-3-1-2-4-15/h5,8,11,14-15,19,21H,1-4,6-7,9-10,12H2. The van der Waals surface area contributed by atoms with Crippen molar-refractivity contribution in [3.05, 3.63) is 28.8 Å². The number of hydrogen-bond donors (Lipinski definition) is 2. The lowest BCUT2D eigenvalue weighted by Crippen LogP contribution is -2.35. The molecule has 2 N–H and O–H groups in total. The van der Waals surface area contributed by atoms with E-state index in [1.54, 1.807) is 0 Å². The van der Waals surface area contributed by atoms with Crippen LogP contribution in [0.3, 0.4) is 0 Å². The molecule has 0 aliphatic heterocycles. The van der Waals surface area contributed by atoms with E-state index in [1.165, 1.54) is 44.1 Å². The molecule has 0 radical (unpaired) electrons. The normalized spacial score (nSPS) is 19.1. The Morgan fingerprint density at radius 3 is 2.57 bits per heavy atom. The minimum Gasteiger partial charge on any atom is -0.395 e. The average Bonchev–Trinajstić information content (AvgIpc) is 3.16. The van der Waals surface area contributed by atoms with E-state index in [0.29, 0.717) is 18.6 Å². The molecular formula is C17H25ClN2O. The number of aliphatic hydroxyl groups excluding tert-OH is 1. The third-order valence-corrected chi connectivity index (χ3v) is 4.99. The monoisotopic (exact) mass is 308 g/mol. The second-order valence-corrected chi connectivity index (χ2v) is 6.69. The lowest BCUT2D eigenvalue weighted by molar-refractivity contribution is 0.297. The van der Waals surface area contributed by atoms with Gasteiger partial charge in [-0.05, 0) is 43.4 Å². The molecule has 0 aromatic heterocycles. The average molecular weight is 309 g/mol. The first-order valence-corrected chi connectivity index (χ1v) is 8.55. The Kier molecular flexibility index (Phi) is 5.04. The van der Waals surface area contributed by atoms with Gasteiger partial charge in [0.1, 0.15) is 0 Å². The number of halogens is 1. The topological polar surface area (TPSA) is 35.5 Å². The quantitative estimate of drug-likeness (QED) is 0.811. The van der Waals surface area contributed by atoms with Crippen molar-refractivity contribution < 1.29 is 5.11 Å². The van der Waals surface area contributed by atoms with E-state index in [2.05, 4.69) is 28.4 Å². The van der Waals surface area contributed by atoms with Crippen LogP contribution in [0.25, 0.3) is 0 Å². The zero-order chi connectivity index (χ0) is 14.7. The molecule has 0 spiro atoms. The van der Waals surface area contributed by atoms with E-state index in [4.69, 9.17) is 11.6 Å². The van der Waals surface area contributed by atoms with Crippen LogP contribution >= 0.6 is 11.6 Å². The van der Waals surface area contributed by atoms with Gasteiger partial charge in [-0.25, -0.2) is 0 Å². The van der Waals surface area contributed by atoms with Gasteiger partial charge >= 0.3 is 0 Å². The smallest absolute Gasteiger partial charge is 0.0606 e. The molecule has 0 bridgehead atoms. The first-order chi connectivity index (χ1) is 10.3. The maximum atomic E-state index is 9.35. The first kappa shape index (κ1) is 15.1. The summed E-state index contributed by atoms with van der Waals surface area (Å²) < 4.78 is 0. The third kappa shape index (κ3) is 3.91. The lowest BCUT2D eigenvalue weighted by Gasteiger charge is -2.31. The Morgan fingerprint density at radius 1 is 1.19 bits per heavy atom. The lowest BCUT2D eigenvalue weighted by atomic mass is 10.1. The summed E-state index contributed by atoms with van der Waals surface area (Å²) in [5, 5.41) is 13.7. The van der Waals surface area contributed by atoms with E-state index >= 15 is 0 Å². The van der Waals surface area contributed by atoms with Crippen molar-refractivity contribution in [1.82, 2.24) is 5.32 Å². The summed E-state index contributed by atoms with van der Waals surface area (Å²) in [6.07, 6.45) is 7.63. The Balaban J connectivity index is 1.71. The van der Waals surface area contributed by atoms with Crippen molar-refractivity contribution in [1.29, 1.82) is 0 Å². The van der Waals surface area contributed by atoms with E-state index in [-0.39, 0.29) is 6.61 Å². The Labute approximate surface area is 132 Å². The van der Waals surface area contributed by atoms with Crippen LogP contribution in [0, 0.1) is 0 Å². The highest BCUT2D eigenvalue weighted by Gasteiger charge is 2.23. The second-order valence-electron chi connectivity index (χ2n) is 6.29. The molecule has 4 heteroatoms. The minimum absolute atomic E-state index is 0.194.